The van der Waals surface area contributed by atoms with Gasteiger partial charge in [-0.1, -0.05) is 42.5 Å². The fourth-order valence-corrected chi connectivity index (χ4v) is 3.01. The molecule has 4 heteroatoms. The number of nitrogens with one attached hydrogen (secondary N) is 1. The first-order valence-electron chi connectivity index (χ1n) is 7.08. The van der Waals surface area contributed by atoms with E-state index in [1.807, 2.05) is 24.3 Å². The Morgan fingerprint density at radius 2 is 1.95 bits per heavy atom. The second-order valence-corrected chi connectivity index (χ2v) is 5.57. The zero-order valence-electron chi connectivity index (χ0n) is 11.6. The van der Waals surface area contributed by atoms with Gasteiger partial charge in [-0.3, -0.25) is 0 Å². The van der Waals surface area contributed by atoms with Gasteiger partial charge in [-0.2, -0.15) is 0 Å². The lowest BCUT2D eigenvalue weighted by molar-refractivity contribution is 0.364. The molecule has 108 valence electrons. The van der Waals surface area contributed by atoms with E-state index < -0.39 is 0 Å². The molecular formula is C17H17FN2S. The molecule has 0 amide bonds. The summed E-state index contributed by atoms with van der Waals surface area (Å²) < 4.78 is 13.2. The molecule has 1 saturated heterocycles. The third kappa shape index (κ3) is 3.22. The van der Waals surface area contributed by atoms with Gasteiger partial charge in [0.15, 0.2) is 5.11 Å². The molecule has 0 bridgehead atoms. The predicted octanol–water partition coefficient (Wildman–Crippen LogP) is 3.30. The van der Waals surface area contributed by atoms with E-state index in [0.29, 0.717) is 0 Å². The maximum Gasteiger partial charge on any atom is 0.169 e. The summed E-state index contributed by atoms with van der Waals surface area (Å²) in [7, 11) is 0. The first kappa shape index (κ1) is 14.0. The normalized spacial score (nSPS) is 17.9. The minimum Gasteiger partial charge on any atom is -0.360 e. The molecule has 1 heterocycles. The topological polar surface area (TPSA) is 15.3 Å². The van der Waals surface area contributed by atoms with Gasteiger partial charge in [0.25, 0.3) is 0 Å². The average Bonchev–Trinajstić information content (AvgIpc) is 2.87. The monoisotopic (exact) mass is 300 g/mol. The summed E-state index contributed by atoms with van der Waals surface area (Å²) in [6.07, 6.45) is 0.781. The van der Waals surface area contributed by atoms with Crippen LogP contribution in [-0.4, -0.2) is 23.1 Å². The van der Waals surface area contributed by atoms with Gasteiger partial charge < -0.3 is 10.2 Å². The quantitative estimate of drug-likeness (QED) is 0.872. The van der Waals surface area contributed by atoms with Crippen LogP contribution >= 0.6 is 12.2 Å². The maximum atomic E-state index is 13.2. The molecule has 1 fully saturated rings. The summed E-state index contributed by atoms with van der Waals surface area (Å²) in [4.78, 5) is 2.19. The molecule has 0 radical (unpaired) electrons. The van der Waals surface area contributed by atoms with Crippen molar-refractivity contribution in [1.29, 1.82) is 0 Å². The summed E-state index contributed by atoms with van der Waals surface area (Å²) in [5.74, 6) is -0.186. The Balaban J connectivity index is 1.72. The number of halogens is 1. The molecule has 0 saturated carbocycles. The van der Waals surface area contributed by atoms with Gasteiger partial charge in [0.2, 0.25) is 0 Å². The van der Waals surface area contributed by atoms with Crippen molar-refractivity contribution in [2.24, 2.45) is 0 Å². The van der Waals surface area contributed by atoms with Crippen molar-refractivity contribution in [1.82, 2.24) is 10.2 Å². The number of thiocarbonyl (C=S) groups is 1. The Kier molecular flexibility index (Phi) is 4.15. The van der Waals surface area contributed by atoms with Crippen molar-refractivity contribution in [3.8, 4) is 0 Å². The van der Waals surface area contributed by atoms with Gasteiger partial charge in [-0.05, 0) is 41.9 Å². The summed E-state index contributed by atoms with van der Waals surface area (Å²) in [5.41, 5.74) is 2.25. The molecule has 0 aliphatic carbocycles. The zero-order valence-corrected chi connectivity index (χ0v) is 12.4. The van der Waals surface area contributed by atoms with E-state index in [-0.39, 0.29) is 11.9 Å². The number of hydrogen-bond acceptors (Lipinski definition) is 1. The highest BCUT2D eigenvalue weighted by Gasteiger charge is 2.28. The van der Waals surface area contributed by atoms with Gasteiger partial charge in [0, 0.05) is 13.1 Å². The van der Waals surface area contributed by atoms with E-state index in [4.69, 9.17) is 12.2 Å². The lowest BCUT2D eigenvalue weighted by atomic mass is 10.1. The van der Waals surface area contributed by atoms with Gasteiger partial charge in [-0.25, -0.2) is 4.39 Å². The molecule has 1 atom stereocenters. The van der Waals surface area contributed by atoms with Crippen molar-refractivity contribution in [3.05, 3.63) is 71.5 Å². The Morgan fingerprint density at radius 3 is 2.71 bits per heavy atom. The molecule has 1 N–H and O–H groups in total. The lowest BCUT2D eigenvalue weighted by Gasteiger charge is -2.25. The highest BCUT2D eigenvalue weighted by Crippen LogP contribution is 2.24. The first-order valence-corrected chi connectivity index (χ1v) is 7.49. The number of benzene rings is 2. The summed E-state index contributed by atoms with van der Waals surface area (Å²) in [6, 6.07) is 17.4. The smallest absolute Gasteiger partial charge is 0.169 e. The number of rotatable bonds is 4. The van der Waals surface area contributed by atoms with Crippen LogP contribution in [-0.2, 0) is 6.42 Å². The SMILES string of the molecule is Fc1cccc(CCN2C(=S)NC[C@@H]2c2ccccc2)c1. The van der Waals surface area contributed by atoms with Crippen molar-refractivity contribution >= 4 is 17.3 Å². The number of nitrogens with zero attached hydrogens (tertiary/aromatic N) is 1. The zero-order chi connectivity index (χ0) is 14.7. The third-order valence-electron chi connectivity index (χ3n) is 3.80. The molecule has 0 aromatic heterocycles. The second kappa shape index (κ2) is 6.22. The minimum atomic E-state index is -0.186. The van der Waals surface area contributed by atoms with Crippen molar-refractivity contribution in [3.63, 3.8) is 0 Å². The van der Waals surface area contributed by atoms with Crippen LogP contribution in [0.5, 0.6) is 0 Å². The summed E-state index contributed by atoms with van der Waals surface area (Å²) in [6.45, 7) is 1.61. The minimum absolute atomic E-state index is 0.186. The first-order chi connectivity index (χ1) is 10.2. The van der Waals surface area contributed by atoms with Gasteiger partial charge in [0.1, 0.15) is 5.82 Å². The Labute approximate surface area is 129 Å². The molecule has 1 aliphatic rings. The van der Waals surface area contributed by atoms with E-state index >= 15 is 0 Å². The van der Waals surface area contributed by atoms with Crippen molar-refractivity contribution < 1.29 is 4.39 Å². The van der Waals surface area contributed by atoms with Crippen LogP contribution in [0.25, 0.3) is 0 Å². The highest BCUT2D eigenvalue weighted by molar-refractivity contribution is 7.80. The van der Waals surface area contributed by atoms with Crippen molar-refractivity contribution in [2.45, 2.75) is 12.5 Å². The summed E-state index contributed by atoms with van der Waals surface area (Å²) in [5, 5.41) is 4.03. The third-order valence-corrected chi connectivity index (χ3v) is 4.18. The van der Waals surface area contributed by atoms with Crippen LogP contribution in [0.1, 0.15) is 17.2 Å². The Bertz CT molecular complexity index is 630. The largest absolute Gasteiger partial charge is 0.360 e. The average molecular weight is 300 g/mol. The van der Waals surface area contributed by atoms with E-state index in [0.717, 1.165) is 30.2 Å². The Hall–Kier alpha value is -1.94. The van der Waals surface area contributed by atoms with Gasteiger partial charge in [0.05, 0.1) is 6.04 Å². The van der Waals surface area contributed by atoms with Crippen LogP contribution in [0.4, 0.5) is 4.39 Å². The molecule has 2 aromatic carbocycles. The second-order valence-electron chi connectivity index (χ2n) is 5.19. The number of hydrogen-bond donors (Lipinski definition) is 1. The van der Waals surface area contributed by atoms with E-state index in [1.54, 1.807) is 12.1 Å². The molecule has 3 rings (SSSR count). The predicted molar refractivity (Wildman–Crippen MR) is 86.6 cm³/mol. The van der Waals surface area contributed by atoms with E-state index in [9.17, 15) is 4.39 Å². The summed E-state index contributed by atoms with van der Waals surface area (Å²) >= 11 is 5.40. The highest BCUT2D eigenvalue weighted by atomic mass is 32.1. The van der Waals surface area contributed by atoms with Gasteiger partial charge in [-0.15, -0.1) is 0 Å². The molecule has 0 spiro atoms. The van der Waals surface area contributed by atoms with E-state index in [1.165, 1.54) is 11.6 Å². The van der Waals surface area contributed by atoms with Crippen LogP contribution in [0, 0.1) is 5.82 Å². The van der Waals surface area contributed by atoms with Gasteiger partial charge >= 0.3 is 0 Å². The molecule has 0 unspecified atom stereocenters. The molecule has 1 aliphatic heterocycles. The molecule has 21 heavy (non-hydrogen) atoms. The maximum absolute atomic E-state index is 13.2. The van der Waals surface area contributed by atoms with Crippen molar-refractivity contribution in [2.75, 3.05) is 13.1 Å². The fraction of sp³-hybridized carbons (Fsp3) is 0.235. The van der Waals surface area contributed by atoms with Crippen LogP contribution in [0.2, 0.25) is 0 Å². The van der Waals surface area contributed by atoms with Crippen LogP contribution in [0.15, 0.2) is 54.6 Å². The standard InChI is InChI=1S/C17H17FN2S/c18-15-8-4-5-13(11-15)9-10-20-16(12-19-17(20)21)14-6-2-1-3-7-14/h1-8,11,16H,9-10,12H2,(H,19,21)/t16-/m1/s1. The molecular weight excluding hydrogens is 283 g/mol. The fourth-order valence-electron chi connectivity index (χ4n) is 2.71. The lowest BCUT2D eigenvalue weighted by Crippen LogP contribution is -2.31. The molecule has 2 aromatic rings. The van der Waals surface area contributed by atoms with Crippen LogP contribution < -0.4 is 5.32 Å². The Morgan fingerprint density at radius 1 is 1.14 bits per heavy atom. The van der Waals surface area contributed by atoms with E-state index in [2.05, 4.69) is 22.3 Å². The van der Waals surface area contributed by atoms with Crippen LogP contribution in [0.3, 0.4) is 0 Å². The molecule has 2 nitrogen and oxygen atoms in total.